The van der Waals surface area contributed by atoms with Gasteiger partial charge in [0.2, 0.25) is 0 Å². The van der Waals surface area contributed by atoms with Crippen LogP contribution in [-0.2, 0) is 4.74 Å². The lowest BCUT2D eigenvalue weighted by atomic mass is 10.2. The number of nitrogen functional groups attached to an aromatic ring is 1. The largest absolute Gasteiger partial charge is 0.382 e. The number of nitrogens with one attached hydrogen (secondary N) is 1. The number of nitrogens with zero attached hydrogens (tertiary/aromatic N) is 1. The molecule has 0 saturated heterocycles. The van der Waals surface area contributed by atoms with Gasteiger partial charge in [0.15, 0.2) is 0 Å². The molecule has 4 nitrogen and oxygen atoms in total. The molecule has 0 saturated carbocycles. The van der Waals surface area contributed by atoms with E-state index < -0.39 is 0 Å². The topological polar surface area (TPSA) is 60.2 Å². The zero-order chi connectivity index (χ0) is 11.1. The average Bonchev–Trinajstić information content (AvgIpc) is 2.20. The summed E-state index contributed by atoms with van der Waals surface area (Å²) >= 11 is 0. The number of hydrogen-bond donors (Lipinski definition) is 2. The van der Waals surface area contributed by atoms with E-state index in [9.17, 15) is 0 Å². The maximum Gasteiger partial charge on any atom is 0.146 e. The molecular weight excluding hydrogens is 190 g/mol. The number of hydrogen-bond acceptors (Lipinski definition) is 4. The molecule has 0 aliphatic rings. The fraction of sp³-hybridized carbons (Fsp3) is 0.545. The first-order chi connectivity index (χ1) is 7.20. The maximum absolute atomic E-state index is 5.67. The van der Waals surface area contributed by atoms with Crippen molar-refractivity contribution in [2.75, 3.05) is 30.8 Å². The molecule has 0 aromatic carbocycles. The third kappa shape index (κ3) is 4.65. The summed E-state index contributed by atoms with van der Waals surface area (Å²) in [5.74, 6) is 1.11. The molecule has 0 aliphatic carbocycles. The summed E-state index contributed by atoms with van der Waals surface area (Å²) in [4.78, 5) is 3.98. The molecule has 84 valence electrons. The van der Waals surface area contributed by atoms with Gasteiger partial charge in [0.05, 0.1) is 12.3 Å². The van der Waals surface area contributed by atoms with Crippen LogP contribution in [0.15, 0.2) is 18.3 Å². The summed E-state index contributed by atoms with van der Waals surface area (Å²) < 4.78 is 5.43. The molecule has 0 unspecified atom stereocenters. The van der Waals surface area contributed by atoms with E-state index in [1.807, 2.05) is 12.1 Å². The van der Waals surface area contributed by atoms with Crippen LogP contribution in [0.2, 0.25) is 0 Å². The molecule has 1 heterocycles. The second-order valence-corrected chi connectivity index (χ2v) is 3.83. The Labute approximate surface area is 90.8 Å². The van der Waals surface area contributed by atoms with Gasteiger partial charge in [-0.15, -0.1) is 0 Å². The number of ether oxygens (including phenoxy) is 1. The molecule has 3 N–H and O–H groups in total. The van der Waals surface area contributed by atoms with Crippen molar-refractivity contribution in [2.24, 2.45) is 5.92 Å². The first-order valence-corrected chi connectivity index (χ1v) is 5.22. The van der Waals surface area contributed by atoms with Gasteiger partial charge in [0.25, 0.3) is 0 Å². The summed E-state index contributed by atoms with van der Waals surface area (Å²) in [5, 5.41) is 3.17. The van der Waals surface area contributed by atoms with Gasteiger partial charge < -0.3 is 15.8 Å². The van der Waals surface area contributed by atoms with E-state index in [4.69, 9.17) is 10.5 Å². The van der Waals surface area contributed by atoms with Crippen LogP contribution in [0, 0.1) is 5.92 Å². The maximum atomic E-state index is 5.67. The highest BCUT2D eigenvalue weighted by atomic mass is 16.5. The third-order valence-electron chi connectivity index (χ3n) is 1.85. The molecular formula is C11H19N3O. The highest BCUT2D eigenvalue weighted by molar-refractivity contribution is 5.60. The Hall–Kier alpha value is -1.29. The van der Waals surface area contributed by atoms with Crippen LogP contribution >= 0.6 is 0 Å². The van der Waals surface area contributed by atoms with E-state index in [2.05, 4.69) is 24.1 Å². The second-order valence-electron chi connectivity index (χ2n) is 3.83. The summed E-state index contributed by atoms with van der Waals surface area (Å²) in [7, 11) is 0. The van der Waals surface area contributed by atoms with Crippen molar-refractivity contribution in [2.45, 2.75) is 13.8 Å². The number of nitrogens with two attached hydrogens (primary N) is 1. The Balaban J connectivity index is 2.18. The predicted molar refractivity (Wildman–Crippen MR) is 62.8 cm³/mol. The minimum Gasteiger partial charge on any atom is -0.382 e. The van der Waals surface area contributed by atoms with Gasteiger partial charge in [0.1, 0.15) is 5.82 Å². The highest BCUT2D eigenvalue weighted by Gasteiger charge is 1.97. The van der Waals surface area contributed by atoms with Crippen molar-refractivity contribution in [3.63, 3.8) is 0 Å². The third-order valence-corrected chi connectivity index (χ3v) is 1.85. The van der Waals surface area contributed by atoms with Gasteiger partial charge >= 0.3 is 0 Å². The molecule has 1 aromatic heterocycles. The Kier molecular flexibility index (Phi) is 4.90. The van der Waals surface area contributed by atoms with E-state index in [1.54, 1.807) is 6.20 Å². The number of pyridine rings is 1. The minimum atomic E-state index is 0.529. The molecule has 15 heavy (non-hydrogen) atoms. The lowest BCUT2D eigenvalue weighted by Gasteiger charge is -2.09. The van der Waals surface area contributed by atoms with E-state index in [0.29, 0.717) is 18.3 Å². The lowest BCUT2D eigenvalue weighted by molar-refractivity contribution is 0.118. The smallest absolute Gasteiger partial charge is 0.146 e. The van der Waals surface area contributed by atoms with Crippen molar-refractivity contribution in [3.05, 3.63) is 18.3 Å². The standard InChI is InChI=1S/C11H19N3O/c1-9(2)8-15-7-6-13-10-4-3-5-14-11(10)12/h3-5,9,13H,6-8H2,1-2H3,(H2,12,14). The second kappa shape index (κ2) is 6.24. The molecule has 0 spiro atoms. The van der Waals surface area contributed by atoms with Crippen molar-refractivity contribution in [1.29, 1.82) is 0 Å². The number of rotatable bonds is 6. The van der Waals surface area contributed by atoms with Crippen LogP contribution in [-0.4, -0.2) is 24.7 Å². The average molecular weight is 209 g/mol. The van der Waals surface area contributed by atoms with Gasteiger partial charge in [-0.1, -0.05) is 13.8 Å². The molecule has 0 radical (unpaired) electrons. The first-order valence-electron chi connectivity index (χ1n) is 5.22. The van der Waals surface area contributed by atoms with Gasteiger partial charge in [-0.2, -0.15) is 0 Å². The normalized spacial score (nSPS) is 10.6. The summed E-state index contributed by atoms with van der Waals surface area (Å²) in [6.45, 7) is 6.50. The SMILES string of the molecule is CC(C)COCCNc1cccnc1N. The molecule has 0 aliphatic heterocycles. The van der Waals surface area contributed by atoms with Crippen LogP contribution in [0.3, 0.4) is 0 Å². The van der Waals surface area contributed by atoms with Crippen molar-refractivity contribution < 1.29 is 4.74 Å². The summed E-state index contributed by atoms with van der Waals surface area (Å²) in [5.41, 5.74) is 6.54. The number of aromatic nitrogens is 1. The molecule has 1 aromatic rings. The predicted octanol–water partition coefficient (Wildman–Crippen LogP) is 1.75. The van der Waals surface area contributed by atoms with Crippen LogP contribution < -0.4 is 11.1 Å². The van der Waals surface area contributed by atoms with Crippen molar-refractivity contribution in [1.82, 2.24) is 4.98 Å². The quantitative estimate of drug-likeness (QED) is 0.701. The Morgan fingerprint density at radius 2 is 2.33 bits per heavy atom. The minimum absolute atomic E-state index is 0.529. The van der Waals surface area contributed by atoms with Crippen LogP contribution in [0.4, 0.5) is 11.5 Å². The number of anilines is 2. The van der Waals surface area contributed by atoms with Crippen molar-refractivity contribution in [3.8, 4) is 0 Å². The van der Waals surface area contributed by atoms with Crippen LogP contribution in [0.1, 0.15) is 13.8 Å². The summed E-state index contributed by atoms with van der Waals surface area (Å²) in [6.07, 6.45) is 1.68. The lowest BCUT2D eigenvalue weighted by Crippen LogP contribution is -2.13. The Morgan fingerprint density at radius 1 is 1.53 bits per heavy atom. The zero-order valence-corrected chi connectivity index (χ0v) is 9.36. The van der Waals surface area contributed by atoms with E-state index in [0.717, 1.165) is 18.8 Å². The van der Waals surface area contributed by atoms with E-state index in [1.165, 1.54) is 0 Å². The Morgan fingerprint density at radius 3 is 3.00 bits per heavy atom. The zero-order valence-electron chi connectivity index (χ0n) is 9.36. The monoisotopic (exact) mass is 209 g/mol. The van der Waals surface area contributed by atoms with Crippen LogP contribution in [0.5, 0.6) is 0 Å². The van der Waals surface area contributed by atoms with Gasteiger partial charge in [-0.25, -0.2) is 4.98 Å². The van der Waals surface area contributed by atoms with Crippen LogP contribution in [0.25, 0.3) is 0 Å². The molecule has 4 heteroatoms. The van der Waals surface area contributed by atoms with E-state index >= 15 is 0 Å². The molecule has 0 atom stereocenters. The molecule has 0 bridgehead atoms. The fourth-order valence-corrected chi connectivity index (χ4v) is 1.14. The van der Waals surface area contributed by atoms with Crippen molar-refractivity contribution >= 4 is 11.5 Å². The van der Waals surface area contributed by atoms with Gasteiger partial charge in [-0.05, 0) is 18.1 Å². The Bertz CT molecular complexity index is 289. The molecule has 0 amide bonds. The molecule has 0 fully saturated rings. The highest BCUT2D eigenvalue weighted by Crippen LogP contribution is 2.12. The van der Waals surface area contributed by atoms with Gasteiger partial charge in [0, 0.05) is 19.3 Å². The van der Waals surface area contributed by atoms with E-state index in [-0.39, 0.29) is 0 Å². The fourth-order valence-electron chi connectivity index (χ4n) is 1.14. The summed E-state index contributed by atoms with van der Waals surface area (Å²) in [6, 6.07) is 3.76. The molecule has 1 rings (SSSR count). The first kappa shape index (κ1) is 11.8. The van der Waals surface area contributed by atoms with Gasteiger partial charge in [-0.3, -0.25) is 0 Å².